The van der Waals surface area contributed by atoms with Crippen molar-refractivity contribution in [3.63, 3.8) is 0 Å². The van der Waals surface area contributed by atoms with Crippen LogP contribution in [-0.2, 0) is 6.54 Å². The molecule has 23 heavy (non-hydrogen) atoms. The zero-order chi connectivity index (χ0) is 15.6. The largest absolute Gasteiger partial charge is 0.339 e. The molecule has 4 rings (SSSR count). The van der Waals surface area contributed by atoms with Gasteiger partial charge in [0.05, 0.1) is 0 Å². The molecule has 118 valence electrons. The Labute approximate surface area is 141 Å². The molecule has 0 amide bonds. The van der Waals surface area contributed by atoms with Crippen molar-refractivity contribution in [2.45, 2.75) is 23.8 Å². The molecule has 0 radical (unpaired) electrons. The lowest BCUT2D eigenvalue weighted by molar-refractivity contribution is 0.558. The monoisotopic (exact) mass is 322 g/mol. The highest BCUT2D eigenvalue weighted by molar-refractivity contribution is 7.99. The first-order valence-electron chi connectivity index (χ1n) is 8.31. The van der Waals surface area contributed by atoms with Gasteiger partial charge in [0.1, 0.15) is 0 Å². The maximum Gasteiger partial charge on any atom is 0.0497 e. The van der Waals surface area contributed by atoms with Gasteiger partial charge in [-0.25, -0.2) is 0 Å². The zero-order valence-electron chi connectivity index (χ0n) is 13.5. The van der Waals surface area contributed by atoms with Crippen LogP contribution in [0.5, 0.6) is 0 Å². The minimum absolute atomic E-state index is 0.604. The molecule has 2 aromatic carbocycles. The van der Waals surface area contributed by atoms with E-state index in [4.69, 9.17) is 0 Å². The predicted octanol–water partition coefficient (Wildman–Crippen LogP) is 4.49. The van der Waals surface area contributed by atoms with Gasteiger partial charge in [-0.15, -0.1) is 11.8 Å². The molecule has 0 spiro atoms. The van der Waals surface area contributed by atoms with E-state index in [0.29, 0.717) is 5.92 Å². The number of fused-ring (bicyclic) bond motifs is 3. The first-order valence-corrected chi connectivity index (χ1v) is 9.29. The van der Waals surface area contributed by atoms with E-state index in [0.717, 1.165) is 13.1 Å². The highest BCUT2D eigenvalue weighted by Gasteiger charge is 2.27. The molecule has 1 atom stereocenters. The second kappa shape index (κ2) is 6.42. The number of rotatable bonds is 4. The smallest absolute Gasteiger partial charge is 0.0497 e. The molecule has 0 bridgehead atoms. The van der Waals surface area contributed by atoms with Crippen molar-refractivity contribution in [2.75, 3.05) is 19.3 Å². The number of hydrogen-bond donors (Lipinski definition) is 1. The van der Waals surface area contributed by atoms with Crippen LogP contribution in [0.2, 0.25) is 0 Å². The van der Waals surface area contributed by atoms with Crippen LogP contribution in [0, 0.1) is 0 Å². The molecule has 0 saturated heterocycles. The maximum atomic E-state index is 3.39. The van der Waals surface area contributed by atoms with E-state index in [1.165, 1.54) is 39.2 Å². The van der Waals surface area contributed by atoms with Crippen LogP contribution in [0.3, 0.4) is 0 Å². The zero-order valence-corrected chi connectivity index (χ0v) is 14.3. The summed E-state index contributed by atoms with van der Waals surface area (Å²) in [6, 6.07) is 19.7. The Balaban J connectivity index is 1.89. The number of thioether (sulfide) groups is 1. The van der Waals surface area contributed by atoms with E-state index in [1.807, 2.05) is 11.8 Å². The maximum absolute atomic E-state index is 3.39. The van der Waals surface area contributed by atoms with Crippen LogP contribution >= 0.6 is 11.8 Å². The first kappa shape index (κ1) is 14.9. The number of nitrogens with zero attached hydrogens (tertiary/aromatic N) is 1. The molecule has 0 fully saturated rings. The fraction of sp³-hybridized carbons (Fsp3) is 0.300. The quantitative estimate of drug-likeness (QED) is 0.762. The molecule has 2 heterocycles. The van der Waals surface area contributed by atoms with E-state index >= 15 is 0 Å². The third kappa shape index (κ3) is 2.68. The lowest BCUT2D eigenvalue weighted by atomic mass is 10.0. The number of hydrogen-bond acceptors (Lipinski definition) is 2. The average Bonchev–Trinajstić information content (AvgIpc) is 2.92. The lowest BCUT2D eigenvalue weighted by Gasteiger charge is -2.25. The van der Waals surface area contributed by atoms with E-state index < -0.39 is 0 Å². The fourth-order valence-corrected chi connectivity index (χ4v) is 5.03. The second-order valence-corrected chi connectivity index (χ2v) is 7.30. The second-order valence-electron chi connectivity index (χ2n) is 6.19. The highest BCUT2D eigenvalue weighted by atomic mass is 32.2. The van der Waals surface area contributed by atoms with Crippen molar-refractivity contribution in [2.24, 2.45) is 0 Å². The summed E-state index contributed by atoms with van der Waals surface area (Å²) >= 11 is 2.03. The van der Waals surface area contributed by atoms with Crippen LogP contribution in [0.15, 0.2) is 59.5 Å². The predicted molar refractivity (Wildman–Crippen MR) is 99.5 cm³/mol. The number of aromatic nitrogens is 1. The number of benzene rings is 2. The van der Waals surface area contributed by atoms with Crippen molar-refractivity contribution in [3.05, 3.63) is 65.9 Å². The van der Waals surface area contributed by atoms with Crippen molar-refractivity contribution in [1.82, 2.24) is 9.88 Å². The van der Waals surface area contributed by atoms with Crippen molar-refractivity contribution < 1.29 is 0 Å². The van der Waals surface area contributed by atoms with Crippen LogP contribution in [0.25, 0.3) is 10.9 Å². The van der Waals surface area contributed by atoms with Gasteiger partial charge in [0, 0.05) is 40.5 Å². The molecule has 2 nitrogen and oxygen atoms in total. The van der Waals surface area contributed by atoms with Crippen LogP contribution in [0.1, 0.15) is 23.6 Å². The van der Waals surface area contributed by atoms with Gasteiger partial charge >= 0.3 is 0 Å². The van der Waals surface area contributed by atoms with Crippen LogP contribution < -0.4 is 5.32 Å². The Hall–Kier alpha value is -1.71. The topological polar surface area (TPSA) is 17.0 Å². The molecule has 3 aromatic rings. The molecule has 1 N–H and O–H groups in total. The molecule has 0 saturated carbocycles. The van der Waals surface area contributed by atoms with Gasteiger partial charge in [0.25, 0.3) is 0 Å². The van der Waals surface area contributed by atoms with Gasteiger partial charge in [-0.3, -0.25) is 0 Å². The summed E-state index contributed by atoms with van der Waals surface area (Å²) in [4.78, 5) is 1.50. The summed E-state index contributed by atoms with van der Waals surface area (Å²) in [5.41, 5.74) is 4.27. The highest BCUT2D eigenvalue weighted by Crippen LogP contribution is 2.44. The van der Waals surface area contributed by atoms with E-state index in [-0.39, 0.29) is 0 Å². The normalized spacial score (nSPS) is 17.3. The Morgan fingerprint density at radius 1 is 1.09 bits per heavy atom. The Morgan fingerprint density at radius 2 is 1.87 bits per heavy atom. The number of likely N-dealkylation sites (N-methyl/N-ethyl adjacent to an activating group) is 1. The van der Waals surface area contributed by atoms with Crippen LogP contribution in [0.4, 0.5) is 0 Å². The van der Waals surface area contributed by atoms with Gasteiger partial charge in [-0.05, 0) is 30.9 Å². The molecular weight excluding hydrogens is 300 g/mol. The summed E-state index contributed by atoms with van der Waals surface area (Å²) in [6.45, 7) is 2.01. The molecule has 1 aliphatic rings. The average molecular weight is 322 g/mol. The van der Waals surface area contributed by atoms with Crippen molar-refractivity contribution in [3.8, 4) is 0 Å². The third-order valence-corrected chi connectivity index (χ3v) is 5.85. The minimum Gasteiger partial charge on any atom is -0.339 e. The summed E-state index contributed by atoms with van der Waals surface area (Å²) < 4.78 is 2.55. The Morgan fingerprint density at radius 3 is 2.70 bits per heavy atom. The van der Waals surface area contributed by atoms with Gasteiger partial charge in [0.15, 0.2) is 0 Å². The van der Waals surface area contributed by atoms with Crippen molar-refractivity contribution in [1.29, 1.82) is 0 Å². The molecule has 1 aliphatic heterocycles. The summed E-state index contributed by atoms with van der Waals surface area (Å²) in [6.07, 6.45) is 1.25. The van der Waals surface area contributed by atoms with Gasteiger partial charge in [0.2, 0.25) is 0 Å². The van der Waals surface area contributed by atoms with Gasteiger partial charge in [-0.2, -0.15) is 0 Å². The Kier molecular flexibility index (Phi) is 4.15. The lowest BCUT2D eigenvalue weighted by Crippen LogP contribution is -2.23. The molecule has 3 heteroatoms. The molecular formula is C20H22N2S. The SMILES string of the molecule is CNCC1CCSc2c1n(Cc1ccccc1)c1ccccc21. The fourth-order valence-electron chi connectivity index (χ4n) is 3.67. The standard InChI is InChI=1S/C20H22N2S/c1-21-13-16-11-12-23-20-17-9-5-6-10-18(17)22(19(16)20)14-15-7-3-2-4-8-15/h2-10,16,21H,11-14H2,1H3. The third-order valence-electron chi connectivity index (χ3n) is 4.70. The van der Waals surface area contributed by atoms with Gasteiger partial charge in [-0.1, -0.05) is 48.5 Å². The van der Waals surface area contributed by atoms with E-state index in [1.54, 1.807) is 0 Å². The summed E-state index contributed by atoms with van der Waals surface area (Å²) in [5, 5.41) is 4.81. The number of nitrogens with one attached hydrogen (secondary N) is 1. The first-order chi connectivity index (χ1) is 11.4. The van der Waals surface area contributed by atoms with E-state index in [2.05, 4.69) is 71.5 Å². The van der Waals surface area contributed by atoms with Crippen molar-refractivity contribution >= 4 is 22.7 Å². The molecule has 1 unspecified atom stereocenters. The summed E-state index contributed by atoms with van der Waals surface area (Å²) in [5.74, 6) is 1.82. The van der Waals surface area contributed by atoms with Crippen LogP contribution in [-0.4, -0.2) is 23.9 Å². The van der Waals surface area contributed by atoms with E-state index in [9.17, 15) is 0 Å². The summed E-state index contributed by atoms with van der Waals surface area (Å²) in [7, 11) is 2.06. The Bertz CT molecular complexity index is 807. The minimum atomic E-state index is 0.604. The van der Waals surface area contributed by atoms with Gasteiger partial charge < -0.3 is 9.88 Å². The molecule has 1 aromatic heterocycles. The number of para-hydroxylation sites is 1. The molecule has 0 aliphatic carbocycles.